The number of carbonyl (C=O) groups excluding carboxylic acids is 1. The zero-order valence-electron chi connectivity index (χ0n) is 17.5. The van der Waals surface area contributed by atoms with Crippen molar-refractivity contribution in [1.82, 2.24) is 0 Å². The van der Waals surface area contributed by atoms with Crippen molar-refractivity contribution in [3.05, 3.63) is 0 Å². The molecule has 0 aromatic carbocycles. The zero-order chi connectivity index (χ0) is 19.7. The first kappa shape index (κ1) is 23.2. The summed E-state index contributed by atoms with van der Waals surface area (Å²) in [6.45, 7) is 19.2. The molecule has 0 bridgehead atoms. The molecule has 2 unspecified atom stereocenters. The molecule has 0 aromatic heterocycles. The number of ether oxygens (including phenoxy) is 2. The van der Waals surface area contributed by atoms with Crippen LogP contribution in [0, 0.1) is 0 Å². The first-order valence-electron chi connectivity index (χ1n) is 8.90. The minimum atomic E-state index is -3.24. The number of hydrogen-bond acceptors (Lipinski definition) is 6. The van der Waals surface area contributed by atoms with E-state index in [0.29, 0.717) is 12.8 Å². The molecule has 0 aliphatic carbocycles. The Labute approximate surface area is 157 Å². The Balaban J connectivity index is 3.39. The smallest absolute Gasteiger partial charge is 0.460 e. The fourth-order valence-corrected chi connectivity index (χ4v) is 17.0. The number of carbonyl (C=O) groups is 1. The van der Waals surface area contributed by atoms with Gasteiger partial charge in [-0.25, -0.2) is 0 Å². The second-order valence-electron chi connectivity index (χ2n) is 9.47. The van der Waals surface area contributed by atoms with Crippen LogP contribution in [0.2, 0.25) is 58.9 Å². The van der Waals surface area contributed by atoms with E-state index in [1.165, 1.54) is 0 Å². The predicted octanol–water partition coefficient (Wildman–Crippen LogP) is 3.74. The van der Waals surface area contributed by atoms with E-state index < -0.39 is 39.5 Å². The summed E-state index contributed by atoms with van der Waals surface area (Å²) in [4.78, 5) is 11.7. The quantitative estimate of drug-likeness (QED) is 0.415. The Bertz CT molecular complexity index is 425. The standard InChI is InChI=1S/C15H36O6Si4/c1-17-15(13-11-12-14(16)18-13)25(19-22(2,3)4,20-23(5,6)7)21-24(8,9)10/h13,15H,11-12H2,1-10H3. The van der Waals surface area contributed by atoms with Crippen LogP contribution in [0.25, 0.3) is 0 Å². The van der Waals surface area contributed by atoms with Crippen molar-refractivity contribution < 1.29 is 26.6 Å². The summed E-state index contributed by atoms with van der Waals surface area (Å²) in [5, 5.41) is 0. The highest BCUT2D eigenvalue weighted by Crippen LogP contribution is 2.34. The SMILES string of the molecule is COC(C1CCC(=O)O1)[Si](O[Si](C)(C)C)(O[Si](C)(C)C)O[Si](C)(C)C. The highest BCUT2D eigenvalue weighted by molar-refractivity contribution is 6.90. The predicted molar refractivity (Wildman–Crippen MR) is 109 cm³/mol. The van der Waals surface area contributed by atoms with Gasteiger partial charge in [0.1, 0.15) is 6.10 Å². The molecule has 6 nitrogen and oxygen atoms in total. The van der Waals surface area contributed by atoms with Gasteiger partial charge in [0, 0.05) is 13.5 Å². The van der Waals surface area contributed by atoms with Crippen LogP contribution in [0.1, 0.15) is 12.8 Å². The third-order valence-corrected chi connectivity index (χ3v) is 15.3. The molecular weight excluding hydrogens is 389 g/mol. The maximum atomic E-state index is 11.7. The first-order chi connectivity index (χ1) is 11.1. The largest absolute Gasteiger partial charge is 0.504 e. The molecule has 10 heteroatoms. The molecule has 2 atom stereocenters. The van der Waals surface area contributed by atoms with Gasteiger partial charge < -0.3 is 21.8 Å². The van der Waals surface area contributed by atoms with Gasteiger partial charge in [-0.3, -0.25) is 4.79 Å². The minimum Gasteiger partial charge on any atom is -0.460 e. The summed E-state index contributed by atoms with van der Waals surface area (Å²) in [5.74, 6) is -0.191. The van der Waals surface area contributed by atoms with Gasteiger partial charge in [0.15, 0.2) is 30.7 Å². The molecule has 0 N–H and O–H groups in total. The third kappa shape index (κ3) is 7.75. The van der Waals surface area contributed by atoms with E-state index in [4.69, 9.17) is 21.8 Å². The highest BCUT2D eigenvalue weighted by Gasteiger charge is 2.60. The molecule has 1 fully saturated rings. The summed E-state index contributed by atoms with van der Waals surface area (Å²) < 4.78 is 31.4. The van der Waals surface area contributed by atoms with E-state index in [1.807, 2.05) is 0 Å². The van der Waals surface area contributed by atoms with Crippen molar-refractivity contribution in [3.8, 4) is 0 Å². The van der Waals surface area contributed by atoms with Crippen LogP contribution in [0.15, 0.2) is 0 Å². The van der Waals surface area contributed by atoms with Crippen LogP contribution in [0.3, 0.4) is 0 Å². The van der Waals surface area contributed by atoms with Crippen molar-refractivity contribution in [2.24, 2.45) is 0 Å². The van der Waals surface area contributed by atoms with E-state index in [0.717, 1.165) is 0 Å². The zero-order valence-corrected chi connectivity index (χ0v) is 21.5. The number of hydrogen-bond donors (Lipinski definition) is 0. The number of esters is 1. The summed E-state index contributed by atoms with van der Waals surface area (Å²) in [7, 11) is -7.62. The van der Waals surface area contributed by atoms with Crippen LogP contribution in [0.5, 0.6) is 0 Å². The van der Waals surface area contributed by atoms with Gasteiger partial charge in [-0.1, -0.05) is 0 Å². The highest BCUT2D eigenvalue weighted by atomic mass is 28.5. The van der Waals surface area contributed by atoms with Crippen LogP contribution in [-0.4, -0.2) is 58.7 Å². The van der Waals surface area contributed by atoms with Crippen LogP contribution >= 0.6 is 0 Å². The molecule has 0 amide bonds. The molecule has 0 aromatic rings. The third-order valence-electron chi connectivity index (χ3n) is 3.20. The molecule has 0 spiro atoms. The summed E-state index contributed by atoms with van der Waals surface area (Å²) in [6, 6.07) is 0. The molecule has 25 heavy (non-hydrogen) atoms. The topological polar surface area (TPSA) is 63.2 Å². The minimum absolute atomic E-state index is 0.191. The normalized spacial score (nSPS) is 21.4. The number of methoxy groups -OCH3 is 1. The Morgan fingerprint density at radius 1 is 0.880 bits per heavy atom. The first-order valence-corrected chi connectivity index (χ1v) is 20.9. The monoisotopic (exact) mass is 424 g/mol. The molecule has 1 rings (SSSR count). The van der Waals surface area contributed by atoms with Gasteiger partial charge in [-0.05, 0) is 65.3 Å². The van der Waals surface area contributed by atoms with E-state index in [1.54, 1.807) is 7.11 Å². The van der Waals surface area contributed by atoms with Crippen molar-refractivity contribution in [1.29, 1.82) is 0 Å². The lowest BCUT2D eigenvalue weighted by molar-refractivity contribution is -0.145. The molecular formula is C15H36O6Si4. The maximum Gasteiger partial charge on any atom is 0.504 e. The summed E-state index contributed by atoms with van der Waals surface area (Å²) in [5.41, 5.74) is -0.482. The molecule has 1 saturated heterocycles. The van der Waals surface area contributed by atoms with E-state index in [-0.39, 0.29) is 12.1 Å². The maximum absolute atomic E-state index is 11.7. The van der Waals surface area contributed by atoms with E-state index >= 15 is 0 Å². The second kappa shape index (κ2) is 8.05. The molecule has 0 radical (unpaired) electrons. The Kier molecular flexibility index (Phi) is 7.47. The van der Waals surface area contributed by atoms with Gasteiger partial charge in [-0.2, -0.15) is 0 Å². The molecule has 1 heterocycles. The molecule has 148 valence electrons. The molecule has 1 aliphatic heterocycles. The van der Waals surface area contributed by atoms with Crippen LogP contribution in [-0.2, 0) is 26.6 Å². The van der Waals surface area contributed by atoms with Gasteiger partial charge in [0.25, 0.3) is 0 Å². The average molecular weight is 425 g/mol. The fraction of sp³-hybridized carbons (Fsp3) is 0.933. The van der Waals surface area contributed by atoms with E-state index in [9.17, 15) is 4.79 Å². The molecule has 1 aliphatic rings. The Morgan fingerprint density at radius 2 is 1.28 bits per heavy atom. The van der Waals surface area contributed by atoms with Gasteiger partial charge >= 0.3 is 14.8 Å². The van der Waals surface area contributed by atoms with Crippen LogP contribution < -0.4 is 0 Å². The fourth-order valence-electron chi connectivity index (χ4n) is 2.80. The lowest BCUT2D eigenvalue weighted by Gasteiger charge is -2.46. The second-order valence-corrected chi connectivity index (χ2v) is 26.4. The Morgan fingerprint density at radius 3 is 1.52 bits per heavy atom. The van der Waals surface area contributed by atoms with Gasteiger partial charge in [0.2, 0.25) is 0 Å². The van der Waals surface area contributed by atoms with Crippen molar-refractivity contribution in [2.45, 2.75) is 83.6 Å². The Hall–Kier alpha value is 0.178. The van der Waals surface area contributed by atoms with Crippen molar-refractivity contribution >= 4 is 39.7 Å². The van der Waals surface area contributed by atoms with Gasteiger partial charge in [0.05, 0.1) is 0 Å². The van der Waals surface area contributed by atoms with E-state index in [2.05, 4.69) is 58.9 Å². The van der Waals surface area contributed by atoms with Crippen LogP contribution in [0.4, 0.5) is 0 Å². The lowest BCUT2D eigenvalue weighted by Crippen LogP contribution is -2.69. The molecule has 0 saturated carbocycles. The lowest BCUT2D eigenvalue weighted by atomic mass is 10.2. The number of rotatable bonds is 9. The average Bonchev–Trinajstić information content (AvgIpc) is 2.68. The van der Waals surface area contributed by atoms with Crippen molar-refractivity contribution in [2.75, 3.05) is 7.11 Å². The summed E-state index contributed by atoms with van der Waals surface area (Å²) >= 11 is 0. The van der Waals surface area contributed by atoms with Gasteiger partial charge in [-0.15, -0.1) is 0 Å². The number of cyclic esters (lactones) is 1. The van der Waals surface area contributed by atoms with Crippen molar-refractivity contribution in [3.63, 3.8) is 0 Å². The summed E-state index contributed by atoms with van der Waals surface area (Å²) in [6.07, 6.45) is 0.654.